The van der Waals surface area contributed by atoms with Gasteiger partial charge in [0.15, 0.2) is 0 Å². The SMILES string of the molecule is O=C(O)c1cccc2c1OCCN(Cc1scnc1C1CC1)C2. The third-order valence-electron chi connectivity index (χ3n) is 4.38. The van der Waals surface area contributed by atoms with Crippen LogP contribution in [0.25, 0.3) is 0 Å². The smallest absolute Gasteiger partial charge is 0.339 e. The molecule has 1 aliphatic heterocycles. The van der Waals surface area contributed by atoms with E-state index in [-0.39, 0.29) is 5.56 Å². The summed E-state index contributed by atoms with van der Waals surface area (Å²) in [6.45, 7) is 2.86. The number of aromatic carboxylic acids is 1. The molecule has 2 aromatic rings. The van der Waals surface area contributed by atoms with Crippen LogP contribution in [-0.4, -0.2) is 34.1 Å². The maximum absolute atomic E-state index is 11.3. The molecule has 0 unspecified atom stereocenters. The number of rotatable bonds is 4. The van der Waals surface area contributed by atoms with E-state index in [9.17, 15) is 9.90 Å². The highest BCUT2D eigenvalue weighted by Gasteiger charge is 2.29. The van der Waals surface area contributed by atoms with Crippen LogP contribution in [0.15, 0.2) is 23.7 Å². The normalized spacial score (nSPS) is 18.1. The lowest BCUT2D eigenvalue weighted by molar-refractivity contribution is 0.0692. The number of ether oxygens (including phenoxy) is 1. The molecule has 6 heteroatoms. The molecule has 0 radical (unpaired) electrons. The topological polar surface area (TPSA) is 62.7 Å². The molecular formula is C17H18N2O3S. The number of nitrogens with zero attached hydrogens (tertiary/aromatic N) is 2. The Morgan fingerprint density at radius 2 is 2.30 bits per heavy atom. The lowest BCUT2D eigenvalue weighted by Gasteiger charge is -2.19. The predicted octanol–water partition coefficient (Wildman–Crippen LogP) is 3.11. The van der Waals surface area contributed by atoms with Gasteiger partial charge in [0.1, 0.15) is 17.9 Å². The van der Waals surface area contributed by atoms with E-state index in [1.54, 1.807) is 23.5 Å². The van der Waals surface area contributed by atoms with Gasteiger partial charge in [-0.05, 0) is 18.9 Å². The van der Waals surface area contributed by atoms with Crippen molar-refractivity contribution in [1.29, 1.82) is 0 Å². The van der Waals surface area contributed by atoms with Gasteiger partial charge in [-0.3, -0.25) is 4.90 Å². The van der Waals surface area contributed by atoms with Crippen molar-refractivity contribution in [3.05, 3.63) is 45.4 Å². The summed E-state index contributed by atoms with van der Waals surface area (Å²) in [6.07, 6.45) is 2.51. The van der Waals surface area contributed by atoms with Crippen molar-refractivity contribution < 1.29 is 14.6 Å². The van der Waals surface area contributed by atoms with Gasteiger partial charge in [-0.1, -0.05) is 12.1 Å². The first-order chi connectivity index (χ1) is 11.2. The Bertz CT molecular complexity index is 739. The third-order valence-corrected chi connectivity index (χ3v) is 5.21. The molecule has 5 nitrogen and oxygen atoms in total. The van der Waals surface area contributed by atoms with E-state index in [1.807, 2.05) is 11.6 Å². The number of fused-ring (bicyclic) bond motifs is 1. The van der Waals surface area contributed by atoms with Crippen molar-refractivity contribution in [3.63, 3.8) is 0 Å². The van der Waals surface area contributed by atoms with Gasteiger partial charge in [0, 0.05) is 36.0 Å². The summed E-state index contributed by atoms with van der Waals surface area (Å²) >= 11 is 1.72. The van der Waals surface area contributed by atoms with Crippen molar-refractivity contribution in [3.8, 4) is 5.75 Å². The lowest BCUT2D eigenvalue weighted by atomic mass is 10.1. The van der Waals surface area contributed by atoms with Crippen LogP contribution >= 0.6 is 11.3 Å². The molecule has 4 rings (SSSR count). The Kier molecular flexibility index (Phi) is 3.79. The average Bonchev–Trinajstić information content (AvgIpc) is 3.31. The number of benzene rings is 1. The van der Waals surface area contributed by atoms with E-state index >= 15 is 0 Å². The molecular weight excluding hydrogens is 312 g/mol. The number of aromatic nitrogens is 1. The van der Waals surface area contributed by atoms with Crippen LogP contribution in [0.1, 0.15) is 45.3 Å². The van der Waals surface area contributed by atoms with Crippen molar-refractivity contribution in [2.45, 2.75) is 31.8 Å². The molecule has 23 heavy (non-hydrogen) atoms. The predicted molar refractivity (Wildman–Crippen MR) is 87.1 cm³/mol. The van der Waals surface area contributed by atoms with Crippen LogP contribution in [0.5, 0.6) is 5.75 Å². The largest absolute Gasteiger partial charge is 0.491 e. The maximum Gasteiger partial charge on any atom is 0.339 e. The zero-order valence-corrected chi connectivity index (χ0v) is 13.5. The standard InChI is InChI=1S/C17H18N2O3S/c20-17(21)13-3-1-2-12-8-19(6-7-22-16(12)13)9-14-15(11-4-5-11)18-10-23-14/h1-3,10-11H,4-9H2,(H,20,21). The molecule has 1 saturated carbocycles. The lowest BCUT2D eigenvalue weighted by Crippen LogP contribution is -2.25. The first kappa shape index (κ1) is 14.7. The van der Waals surface area contributed by atoms with Gasteiger partial charge < -0.3 is 9.84 Å². The molecule has 2 heterocycles. The molecule has 1 aliphatic carbocycles. The Labute approximate surface area is 138 Å². The second-order valence-corrected chi connectivity index (χ2v) is 7.03. The van der Waals surface area contributed by atoms with Crippen molar-refractivity contribution in [2.24, 2.45) is 0 Å². The van der Waals surface area contributed by atoms with Gasteiger partial charge in [0.05, 0.1) is 11.2 Å². The van der Waals surface area contributed by atoms with E-state index in [2.05, 4.69) is 9.88 Å². The van der Waals surface area contributed by atoms with Gasteiger partial charge in [0.2, 0.25) is 0 Å². The fraction of sp³-hybridized carbons (Fsp3) is 0.412. The number of carboxylic acid groups (broad SMARTS) is 1. The van der Waals surface area contributed by atoms with Crippen LogP contribution in [0.3, 0.4) is 0 Å². The molecule has 1 N–H and O–H groups in total. The molecule has 0 atom stereocenters. The van der Waals surface area contributed by atoms with Gasteiger partial charge in [-0.25, -0.2) is 9.78 Å². The molecule has 0 bridgehead atoms. The van der Waals surface area contributed by atoms with E-state index in [0.29, 0.717) is 24.8 Å². The maximum atomic E-state index is 11.3. The molecule has 2 aliphatic rings. The van der Waals surface area contributed by atoms with Crippen LogP contribution < -0.4 is 4.74 Å². The third kappa shape index (κ3) is 2.96. The molecule has 120 valence electrons. The summed E-state index contributed by atoms with van der Waals surface area (Å²) in [5.41, 5.74) is 4.40. The number of carboxylic acids is 1. The number of hydrogen-bond acceptors (Lipinski definition) is 5. The number of para-hydroxylation sites is 1. The summed E-state index contributed by atoms with van der Waals surface area (Å²) in [5.74, 6) is 0.244. The summed E-state index contributed by atoms with van der Waals surface area (Å²) in [5, 5.41) is 9.31. The van der Waals surface area contributed by atoms with Crippen molar-refractivity contribution >= 4 is 17.3 Å². The molecule has 0 amide bonds. The van der Waals surface area contributed by atoms with Crippen LogP contribution in [0, 0.1) is 0 Å². The first-order valence-corrected chi connectivity index (χ1v) is 8.73. The Hall–Kier alpha value is -1.92. The minimum absolute atomic E-state index is 0.251. The zero-order chi connectivity index (χ0) is 15.8. The van der Waals surface area contributed by atoms with Gasteiger partial charge >= 0.3 is 5.97 Å². The van der Waals surface area contributed by atoms with Gasteiger partial charge in [-0.2, -0.15) is 0 Å². The monoisotopic (exact) mass is 330 g/mol. The molecule has 1 fully saturated rings. The molecule has 1 aromatic carbocycles. The minimum atomic E-state index is -0.936. The van der Waals surface area contributed by atoms with E-state index < -0.39 is 5.97 Å². The number of thiazole rings is 1. The summed E-state index contributed by atoms with van der Waals surface area (Å²) in [6, 6.07) is 5.34. The zero-order valence-electron chi connectivity index (χ0n) is 12.7. The fourth-order valence-electron chi connectivity index (χ4n) is 3.07. The highest BCUT2D eigenvalue weighted by molar-refractivity contribution is 7.09. The van der Waals surface area contributed by atoms with E-state index in [0.717, 1.165) is 18.7 Å². The molecule has 1 aromatic heterocycles. The van der Waals surface area contributed by atoms with Crippen LogP contribution in [0.2, 0.25) is 0 Å². The van der Waals surface area contributed by atoms with E-state index in [1.165, 1.54) is 23.4 Å². The Balaban J connectivity index is 1.56. The first-order valence-electron chi connectivity index (χ1n) is 7.85. The second kappa shape index (κ2) is 5.94. The van der Waals surface area contributed by atoms with E-state index in [4.69, 9.17) is 4.74 Å². The van der Waals surface area contributed by atoms with Crippen molar-refractivity contribution in [1.82, 2.24) is 9.88 Å². The number of carbonyl (C=O) groups is 1. The second-order valence-electron chi connectivity index (χ2n) is 6.09. The highest BCUT2D eigenvalue weighted by atomic mass is 32.1. The molecule has 0 saturated heterocycles. The summed E-state index contributed by atoms with van der Waals surface area (Å²) < 4.78 is 5.75. The number of hydrogen-bond donors (Lipinski definition) is 1. The summed E-state index contributed by atoms with van der Waals surface area (Å²) in [7, 11) is 0. The molecule has 0 spiro atoms. The summed E-state index contributed by atoms with van der Waals surface area (Å²) in [4.78, 5) is 19.5. The fourth-order valence-corrected chi connectivity index (χ4v) is 3.96. The van der Waals surface area contributed by atoms with Gasteiger partial charge in [-0.15, -0.1) is 11.3 Å². The Morgan fingerprint density at radius 3 is 3.09 bits per heavy atom. The average molecular weight is 330 g/mol. The van der Waals surface area contributed by atoms with Crippen LogP contribution in [0.4, 0.5) is 0 Å². The highest BCUT2D eigenvalue weighted by Crippen LogP contribution is 2.42. The Morgan fingerprint density at radius 1 is 1.43 bits per heavy atom. The van der Waals surface area contributed by atoms with Crippen LogP contribution in [-0.2, 0) is 13.1 Å². The van der Waals surface area contributed by atoms with Crippen molar-refractivity contribution in [2.75, 3.05) is 13.2 Å². The van der Waals surface area contributed by atoms with Gasteiger partial charge in [0.25, 0.3) is 0 Å². The quantitative estimate of drug-likeness (QED) is 0.933. The minimum Gasteiger partial charge on any atom is -0.491 e.